The molecule has 9 heteroatoms. The first-order valence-electron chi connectivity index (χ1n) is 15.9. The Morgan fingerprint density at radius 1 is 0.804 bits per heavy atom. The molecule has 0 saturated carbocycles. The number of carbonyl (C=O) groups excluding carboxylic acids is 3. The number of hydrogen-bond acceptors (Lipinski definition) is 6. The fraction of sp³-hybridized carbons (Fsp3) is 0.405. The molecule has 0 aliphatic carbocycles. The zero-order valence-corrected chi connectivity index (χ0v) is 27.6. The maximum absolute atomic E-state index is 15.1. The van der Waals surface area contributed by atoms with E-state index in [9.17, 15) is 9.59 Å². The Hall–Kier alpha value is -4.66. The number of rotatable bonds is 6. The summed E-state index contributed by atoms with van der Waals surface area (Å²) in [4.78, 5) is 49.8. The van der Waals surface area contributed by atoms with Gasteiger partial charge in [0.05, 0.1) is 17.6 Å². The van der Waals surface area contributed by atoms with E-state index < -0.39 is 23.3 Å². The zero-order chi connectivity index (χ0) is 33.1. The second kappa shape index (κ2) is 13.4. The number of benzene rings is 3. The van der Waals surface area contributed by atoms with Crippen molar-refractivity contribution in [2.75, 3.05) is 13.1 Å². The molecule has 1 aliphatic rings. The van der Waals surface area contributed by atoms with Gasteiger partial charge in [0.15, 0.2) is 0 Å². The monoisotopic (exact) mass is 624 g/mol. The van der Waals surface area contributed by atoms with Gasteiger partial charge in [-0.25, -0.2) is 19.5 Å². The van der Waals surface area contributed by atoms with Crippen molar-refractivity contribution in [3.8, 4) is 11.4 Å². The van der Waals surface area contributed by atoms with Crippen LogP contribution in [0.1, 0.15) is 66.0 Å². The quantitative estimate of drug-likeness (QED) is 0.217. The second-order valence-electron chi connectivity index (χ2n) is 13.8. The molecule has 1 atom stereocenters. The van der Waals surface area contributed by atoms with Gasteiger partial charge in [0.2, 0.25) is 0 Å². The van der Waals surface area contributed by atoms with Crippen LogP contribution in [0, 0.1) is 5.92 Å². The van der Waals surface area contributed by atoms with E-state index in [2.05, 4.69) is 0 Å². The molecule has 0 spiro atoms. The number of likely N-dealkylation sites (tertiary alicyclic amines) is 1. The lowest BCUT2D eigenvalue weighted by molar-refractivity contribution is -0.136. The van der Waals surface area contributed by atoms with Crippen molar-refractivity contribution in [1.82, 2.24) is 19.4 Å². The van der Waals surface area contributed by atoms with Crippen molar-refractivity contribution in [2.24, 2.45) is 5.92 Å². The van der Waals surface area contributed by atoms with E-state index in [1.165, 1.54) is 4.90 Å². The molecular weight excluding hydrogens is 580 g/mol. The van der Waals surface area contributed by atoms with Crippen molar-refractivity contribution in [2.45, 2.75) is 78.2 Å². The number of carbonyl (C=O) groups is 3. The molecule has 3 amide bonds. The summed E-state index contributed by atoms with van der Waals surface area (Å²) in [5, 5.41) is 0. The maximum Gasteiger partial charge on any atom is 0.417 e. The predicted octanol–water partition coefficient (Wildman–Crippen LogP) is 7.86. The Balaban J connectivity index is 1.61. The van der Waals surface area contributed by atoms with E-state index in [1.54, 1.807) is 25.7 Å². The Morgan fingerprint density at radius 2 is 1.37 bits per heavy atom. The number of imidazole rings is 1. The smallest absolute Gasteiger partial charge is 0.417 e. The van der Waals surface area contributed by atoms with Gasteiger partial charge in [0, 0.05) is 18.7 Å². The average molecular weight is 625 g/mol. The van der Waals surface area contributed by atoms with Crippen molar-refractivity contribution in [3.05, 3.63) is 90.5 Å². The van der Waals surface area contributed by atoms with E-state index in [0.717, 1.165) is 22.2 Å². The fourth-order valence-electron chi connectivity index (χ4n) is 5.84. The predicted molar refractivity (Wildman–Crippen MR) is 178 cm³/mol. The van der Waals surface area contributed by atoms with Gasteiger partial charge >= 0.3 is 12.2 Å². The zero-order valence-electron chi connectivity index (χ0n) is 27.6. The molecule has 1 aromatic heterocycles. The van der Waals surface area contributed by atoms with Crippen LogP contribution in [0.4, 0.5) is 9.59 Å². The number of ether oxygens (including phenoxy) is 2. The second-order valence-corrected chi connectivity index (χ2v) is 13.8. The molecule has 242 valence electrons. The highest BCUT2D eigenvalue weighted by Gasteiger charge is 2.41. The lowest BCUT2D eigenvalue weighted by Gasteiger charge is -2.38. The highest BCUT2D eigenvalue weighted by atomic mass is 16.6. The minimum Gasteiger partial charge on any atom is -0.444 e. The Morgan fingerprint density at radius 3 is 1.98 bits per heavy atom. The number of imide groups is 1. The summed E-state index contributed by atoms with van der Waals surface area (Å²) in [5.41, 5.74) is 1.78. The van der Waals surface area contributed by atoms with Gasteiger partial charge in [0.25, 0.3) is 5.91 Å². The first-order chi connectivity index (χ1) is 21.8. The molecule has 1 saturated heterocycles. The van der Waals surface area contributed by atoms with Gasteiger partial charge < -0.3 is 18.9 Å². The van der Waals surface area contributed by atoms with Gasteiger partial charge in [-0.1, -0.05) is 72.8 Å². The first kappa shape index (κ1) is 32.7. The largest absolute Gasteiger partial charge is 0.444 e. The summed E-state index contributed by atoms with van der Waals surface area (Å²) in [6.45, 7) is 11.8. The lowest BCUT2D eigenvalue weighted by Crippen LogP contribution is -2.48. The molecule has 1 aliphatic heterocycles. The van der Waals surface area contributed by atoms with Crippen LogP contribution in [0.5, 0.6) is 0 Å². The fourth-order valence-corrected chi connectivity index (χ4v) is 5.84. The Bertz CT molecular complexity index is 1660. The third-order valence-electron chi connectivity index (χ3n) is 7.86. The molecule has 1 unspecified atom stereocenters. The van der Waals surface area contributed by atoms with Gasteiger partial charge in [-0.2, -0.15) is 0 Å². The topological polar surface area (TPSA) is 94.0 Å². The molecule has 46 heavy (non-hydrogen) atoms. The summed E-state index contributed by atoms with van der Waals surface area (Å²) in [7, 11) is 0. The van der Waals surface area contributed by atoms with Gasteiger partial charge in [-0.05, 0) is 78.0 Å². The number of amides is 3. The molecule has 4 aromatic rings. The lowest BCUT2D eigenvalue weighted by atomic mass is 9.87. The standard InChI is InChI=1S/C37H44N4O5/c1-36(2,3)45-34(43)39-23-21-27(22-24-39)31(33(42)40(35(44)46-37(4,5)6)25-26-15-9-7-10-16-26)41-30-20-14-13-19-29(30)38-32(41)28-17-11-8-12-18-28/h7-20,27,31H,21-25H2,1-6H3. The minimum atomic E-state index is -0.808. The highest BCUT2D eigenvalue weighted by Crippen LogP contribution is 2.38. The summed E-state index contributed by atoms with van der Waals surface area (Å²) in [6.07, 6.45) is -0.0112. The van der Waals surface area contributed by atoms with Crippen molar-refractivity contribution in [3.63, 3.8) is 0 Å². The van der Waals surface area contributed by atoms with Crippen LogP contribution in [0.3, 0.4) is 0 Å². The molecule has 1 fully saturated rings. The molecule has 0 radical (unpaired) electrons. The first-order valence-corrected chi connectivity index (χ1v) is 15.9. The number of aromatic nitrogens is 2. The Kier molecular flexibility index (Phi) is 9.51. The number of fused-ring (bicyclic) bond motifs is 1. The summed E-state index contributed by atoms with van der Waals surface area (Å²) < 4.78 is 13.5. The van der Waals surface area contributed by atoms with Crippen LogP contribution < -0.4 is 0 Å². The van der Waals surface area contributed by atoms with E-state index in [1.807, 2.05) is 110 Å². The SMILES string of the molecule is CC(C)(C)OC(=O)N1CCC(C(C(=O)N(Cc2ccccc2)C(=O)OC(C)(C)C)n2c(-c3ccccc3)nc3ccccc32)CC1. The van der Waals surface area contributed by atoms with Crippen LogP contribution in [-0.4, -0.2) is 61.7 Å². The number of para-hydroxylation sites is 2. The molecular formula is C37H44N4O5. The van der Waals surface area contributed by atoms with Crippen molar-refractivity contribution in [1.29, 1.82) is 0 Å². The molecule has 0 bridgehead atoms. The summed E-state index contributed by atoms with van der Waals surface area (Å²) >= 11 is 0. The Labute approximate surface area is 271 Å². The van der Waals surface area contributed by atoms with Crippen LogP contribution in [0.25, 0.3) is 22.4 Å². The van der Waals surface area contributed by atoms with Crippen LogP contribution in [0.15, 0.2) is 84.9 Å². The minimum absolute atomic E-state index is 0.0507. The third-order valence-corrected chi connectivity index (χ3v) is 7.86. The summed E-state index contributed by atoms with van der Waals surface area (Å²) in [6, 6.07) is 26.1. The van der Waals surface area contributed by atoms with Gasteiger partial charge in [-0.15, -0.1) is 0 Å². The van der Waals surface area contributed by atoms with Gasteiger partial charge in [-0.3, -0.25) is 4.79 Å². The van der Waals surface area contributed by atoms with E-state index in [4.69, 9.17) is 14.5 Å². The van der Waals surface area contributed by atoms with Crippen LogP contribution in [0.2, 0.25) is 0 Å². The molecule has 3 aromatic carbocycles. The van der Waals surface area contributed by atoms with E-state index >= 15 is 4.79 Å². The molecule has 9 nitrogen and oxygen atoms in total. The van der Waals surface area contributed by atoms with Crippen LogP contribution in [-0.2, 0) is 20.8 Å². The highest BCUT2D eigenvalue weighted by molar-refractivity contribution is 5.96. The molecule has 5 rings (SSSR count). The number of hydrogen-bond donors (Lipinski definition) is 0. The maximum atomic E-state index is 15.1. The van der Waals surface area contributed by atoms with Crippen molar-refractivity contribution >= 4 is 29.1 Å². The number of nitrogens with zero attached hydrogens (tertiary/aromatic N) is 4. The molecule has 0 N–H and O–H groups in total. The summed E-state index contributed by atoms with van der Waals surface area (Å²) in [5.74, 6) is 0.0414. The third kappa shape index (κ3) is 7.76. The van der Waals surface area contributed by atoms with Crippen molar-refractivity contribution < 1.29 is 23.9 Å². The average Bonchev–Trinajstić information content (AvgIpc) is 3.39. The van der Waals surface area contributed by atoms with Crippen LogP contribution >= 0.6 is 0 Å². The number of piperidine rings is 1. The normalized spacial score (nSPS) is 15.0. The van der Waals surface area contributed by atoms with E-state index in [0.29, 0.717) is 31.8 Å². The van der Waals surface area contributed by atoms with E-state index in [-0.39, 0.29) is 24.5 Å². The van der Waals surface area contributed by atoms with Gasteiger partial charge in [0.1, 0.15) is 23.1 Å². The molecule has 2 heterocycles.